The maximum atomic E-state index is 15.2. The molecule has 2 atom stereocenters. The summed E-state index contributed by atoms with van der Waals surface area (Å²) in [7, 11) is 1.50. The van der Waals surface area contributed by atoms with Crippen molar-refractivity contribution in [2.24, 2.45) is 0 Å². The van der Waals surface area contributed by atoms with E-state index in [2.05, 4.69) is 22.5 Å². The highest BCUT2D eigenvalue weighted by Gasteiger charge is 2.23. The van der Waals surface area contributed by atoms with Crippen LogP contribution in [-0.2, 0) is 5.41 Å². The lowest BCUT2D eigenvalue weighted by Gasteiger charge is -2.21. The molecular formula is C24H31F2N3O. The zero-order valence-electron chi connectivity index (χ0n) is 18.6. The maximum Gasteiger partial charge on any atom is 0.145 e. The van der Waals surface area contributed by atoms with Crippen LogP contribution in [0.2, 0.25) is 0 Å². The number of rotatable bonds is 6. The molecule has 3 rings (SSSR count). The normalized spacial score (nSPS) is 17.3. The number of aromatic nitrogens is 1. The Morgan fingerprint density at radius 1 is 1.20 bits per heavy atom. The van der Waals surface area contributed by atoms with Gasteiger partial charge in [-0.3, -0.25) is 4.98 Å². The minimum absolute atomic E-state index is 0.168. The molecule has 0 saturated heterocycles. The summed E-state index contributed by atoms with van der Waals surface area (Å²) in [6, 6.07) is 4.34. The first-order valence-electron chi connectivity index (χ1n) is 10.4. The Labute approximate surface area is 177 Å². The summed E-state index contributed by atoms with van der Waals surface area (Å²) in [6.45, 7) is 10.0. The van der Waals surface area contributed by atoms with Gasteiger partial charge in [-0.05, 0) is 31.5 Å². The summed E-state index contributed by atoms with van der Waals surface area (Å²) in [5.74, 6) is -0.538. The van der Waals surface area contributed by atoms with Gasteiger partial charge >= 0.3 is 0 Å². The molecule has 1 aliphatic heterocycles. The fourth-order valence-electron chi connectivity index (χ4n) is 3.65. The molecule has 0 spiro atoms. The lowest BCUT2D eigenvalue weighted by molar-refractivity contribution is 0.412. The second kappa shape index (κ2) is 8.62. The van der Waals surface area contributed by atoms with Crippen LogP contribution in [0.1, 0.15) is 64.8 Å². The van der Waals surface area contributed by atoms with Crippen molar-refractivity contribution in [3.63, 3.8) is 0 Å². The molecule has 2 N–H and O–H groups in total. The molecule has 1 aromatic carbocycles. The highest BCUT2D eigenvalue weighted by molar-refractivity contribution is 5.71. The number of nitrogens with zero attached hydrogens (tertiary/aromatic N) is 1. The Balaban J connectivity index is 1.93. The Bertz CT molecular complexity index is 950. The molecule has 2 heterocycles. The third kappa shape index (κ3) is 4.58. The largest absolute Gasteiger partial charge is 0.494 e. The molecule has 2 aromatic rings. The molecule has 30 heavy (non-hydrogen) atoms. The van der Waals surface area contributed by atoms with Crippen LogP contribution in [0, 0.1) is 11.6 Å². The van der Waals surface area contributed by atoms with E-state index in [1.807, 2.05) is 33.9 Å². The standard InChI is InChI=1S/C24H31F2N3O/c1-7-15-8-16(12-27-15)29-14(2)17-9-21(26)18(10-20(17)25)19-11-23(24(3,4)5)28-13-22(19)30-6/h9-15,27,29H,7-8H2,1-6H3. The Morgan fingerprint density at radius 3 is 2.53 bits per heavy atom. The third-order valence-corrected chi connectivity index (χ3v) is 5.55. The summed E-state index contributed by atoms with van der Waals surface area (Å²) in [6.07, 6.45) is 5.35. The first-order chi connectivity index (χ1) is 14.1. The molecule has 162 valence electrons. The Hall–Kier alpha value is -2.63. The molecule has 0 bridgehead atoms. The van der Waals surface area contributed by atoms with Gasteiger partial charge in [0.25, 0.3) is 0 Å². The number of nitrogens with one attached hydrogen (secondary N) is 2. The zero-order valence-corrected chi connectivity index (χ0v) is 18.6. The Kier molecular flexibility index (Phi) is 6.34. The number of halogens is 2. The smallest absolute Gasteiger partial charge is 0.145 e. The lowest BCUT2D eigenvalue weighted by Crippen LogP contribution is -2.20. The summed E-state index contributed by atoms with van der Waals surface area (Å²) < 4.78 is 35.6. The van der Waals surface area contributed by atoms with Crippen LogP contribution in [0.3, 0.4) is 0 Å². The van der Waals surface area contributed by atoms with E-state index in [1.165, 1.54) is 19.2 Å². The van der Waals surface area contributed by atoms with Crippen molar-refractivity contribution in [2.75, 3.05) is 7.11 Å². The quantitative estimate of drug-likeness (QED) is 0.645. The molecular weight excluding hydrogens is 384 g/mol. The van der Waals surface area contributed by atoms with Crippen LogP contribution in [0.5, 0.6) is 5.75 Å². The van der Waals surface area contributed by atoms with Crippen molar-refractivity contribution < 1.29 is 13.5 Å². The minimum atomic E-state index is -0.491. The number of hydrogen-bond acceptors (Lipinski definition) is 4. The van der Waals surface area contributed by atoms with Gasteiger partial charge < -0.3 is 15.4 Å². The molecule has 4 nitrogen and oxygen atoms in total. The second-order valence-electron chi connectivity index (χ2n) is 8.88. The fourth-order valence-corrected chi connectivity index (χ4v) is 3.65. The molecule has 0 radical (unpaired) electrons. The number of pyridine rings is 1. The highest BCUT2D eigenvalue weighted by Crippen LogP contribution is 2.36. The average Bonchev–Trinajstić information content (AvgIpc) is 3.15. The van der Waals surface area contributed by atoms with Gasteiger partial charge in [0.15, 0.2) is 0 Å². The summed E-state index contributed by atoms with van der Waals surface area (Å²) in [5, 5.41) is 6.58. The van der Waals surface area contributed by atoms with Crippen molar-refractivity contribution in [2.45, 2.75) is 65.0 Å². The van der Waals surface area contributed by atoms with Gasteiger partial charge in [0.05, 0.1) is 19.3 Å². The average molecular weight is 416 g/mol. The second-order valence-corrected chi connectivity index (χ2v) is 8.88. The number of benzene rings is 1. The van der Waals surface area contributed by atoms with Crippen LogP contribution in [-0.4, -0.2) is 18.1 Å². The van der Waals surface area contributed by atoms with Crippen molar-refractivity contribution in [3.05, 3.63) is 59.2 Å². The Morgan fingerprint density at radius 2 is 1.93 bits per heavy atom. The van der Waals surface area contributed by atoms with E-state index in [4.69, 9.17) is 4.74 Å². The number of hydrogen-bond donors (Lipinski definition) is 2. The molecule has 1 aromatic heterocycles. The lowest BCUT2D eigenvalue weighted by atomic mass is 9.89. The summed E-state index contributed by atoms with van der Waals surface area (Å²) in [5.41, 5.74) is 2.51. The van der Waals surface area contributed by atoms with Crippen molar-refractivity contribution in [1.29, 1.82) is 0 Å². The van der Waals surface area contributed by atoms with Crippen LogP contribution < -0.4 is 15.4 Å². The fraction of sp³-hybridized carbons (Fsp3) is 0.458. The highest BCUT2D eigenvalue weighted by atomic mass is 19.1. The van der Waals surface area contributed by atoms with Gasteiger partial charge in [0.1, 0.15) is 17.4 Å². The van der Waals surface area contributed by atoms with Crippen LogP contribution >= 0.6 is 0 Å². The molecule has 0 fully saturated rings. The predicted octanol–water partition coefficient (Wildman–Crippen LogP) is 5.60. The van der Waals surface area contributed by atoms with Crippen molar-refractivity contribution in [3.8, 4) is 16.9 Å². The monoisotopic (exact) mass is 415 g/mol. The molecule has 2 unspecified atom stereocenters. The van der Waals surface area contributed by atoms with Gasteiger partial charge in [-0.2, -0.15) is 0 Å². The SMILES string of the molecule is CCC1CC(NC(C)c2cc(F)c(-c3cc(C(C)(C)C)ncc3OC)cc2F)=CN1. The predicted molar refractivity (Wildman–Crippen MR) is 116 cm³/mol. The van der Waals surface area contributed by atoms with Gasteiger partial charge in [0.2, 0.25) is 0 Å². The molecule has 0 aliphatic carbocycles. The van der Waals surface area contributed by atoms with Crippen molar-refractivity contribution in [1.82, 2.24) is 15.6 Å². The molecule has 6 heteroatoms. The van der Waals surface area contributed by atoms with E-state index in [-0.39, 0.29) is 17.0 Å². The molecule has 0 amide bonds. The summed E-state index contributed by atoms with van der Waals surface area (Å²) in [4.78, 5) is 4.41. The van der Waals surface area contributed by atoms with E-state index in [1.54, 1.807) is 12.3 Å². The number of ether oxygens (including phenoxy) is 1. The summed E-state index contributed by atoms with van der Waals surface area (Å²) >= 11 is 0. The first kappa shape index (κ1) is 22.1. The van der Waals surface area contributed by atoms with Gasteiger partial charge in [-0.25, -0.2) is 8.78 Å². The topological polar surface area (TPSA) is 46.2 Å². The van der Waals surface area contributed by atoms with Gasteiger partial charge in [-0.15, -0.1) is 0 Å². The molecule has 1 aliphatic rings. The van der Waals surface area contributed by atoms with Crippen LogP contribution in [0.4, 0.5) is 8.78 Å². The number of methoxy groups -OCH3 is 1. The van der Waals surface area contributed by atoms with Crippen molar-refractivity contribution >= 4 is 0 Å². The van der Waals surface area contributed by atoms with E-state index in [0.29, 0.717) is 22.9 Å². The van der Waals surface area contributed by atoms with E-state index < -0.39 is 11.6 Å². The maximum absolute atomic E-state index is 15.2. The van der Waals surface area contributed by atoms with E-state index in [0.717, 1.165) is 24.2 Å². The first-order valence-corrected chi connectivity index (χ1v) is 10.4. The zero-order chi connectivity index (χ0) is 22.1. The molecule has 0 saturated carbocycles. The third-order valence-electron chi connectivity index (χ3n) is 5.55. The van der Waals surface area contributed by atoms with Crippen LogP contribution in [0.15, 0.2) is 36.3 Å². The van der Waals surface area contributed by atoms with E-state index in [9.17, 15) is 0 Å². The van der Waals surface area contributed by atoms with Crippen LogP contribution in [0.25, 0.3) is 11.1 Å². The minimum Gasteiger partial charge on any atom is -0.494 e. The van der Waals surface area contributed by atoms with Gasteiger partial charge in [-0.1, -0.05) is 27.7 Å². The van der Waals surface area contributed by atoms with E-state index >= 15 is 8.78 Å². The van der Waals surface area contributed by atoms with Gasteiger partial charge in [0, 0.05) is 52.2 Å².